The Morgan fingerprint density at radius 2 is 2.17 bits per heavy atom. The van der Waals surface area contributed by atoms with E-state index in [-0.39, 0.29) is 0 Å². The first-order valence-corrected chi connectivity index (χ1v) is 3.35. The monoisotopic (exact) mass is 179 g/mol. The molecule has 0 aromatic carbocycles. The van der Waals surface area contributed by atoms with Crippen molar-refractivity contribution in [2.24, 2.45) is 5.73 Å². The number of halogens is 3. The maximum absolute atomic E-state index is 11.9. The zero-order chi connectivity index (χ0) is 9.19. The number of rotatable bonds is 2. The van der Waals surface area contributed by atoms with Crippen molar-refractivity contribution >= 4 is 0 Å². The molecule has 3 nitrogen and oxygen atoms in total. The van der Waals surface area contributed by atoms with Crippen molar-refractivity contribution in [1.82, 2.24) is 9.97 Å². The molecule has 1 aromatic rings. The molecule has 0 atom stereocenters. The average molecular weight is 179 g/mol. The number of aromatic amines is 1. The van der Waals surface area contributed by atoms with Crippen molar-refractivity contribution in [2.75, 3.05) is 6.54 Å². The Labute approximate surface area is 66.8 Å². The van der Waals surface area contributed by atoms with Crippen molar-refractivity contribution < 1.29 is 13.2 Å². The molecule has 0 aliphatic carbocycles. The van der Waals surface area contributed by atoms with Gasteiger partial charge in [0.25, 0.3) is 0 Å². The van der Waals surface area contributed by atoms with Gasteiger partial charge in [0.2, 0.25) is 5.82 Å². The van der Waals surface area contributed by atoms with Crippen LogP contribution in [0.15, 0.2) is 6.20 Å². The second kappa shape index (κ2) is 3.14. The lowest BCUT2D eigenvalue weighted by Gasteiger charge is -1.99. The topological polar surface area (TPSA) is 54.7 Å². The number of alkyl halides is 3. The predicted molar refractivity (Wildman–Crippen MR) is 36.3 cm³/mol. The molecule has 68 valence electrons. The highest BCUT2D eigenvalue weighted by atomic mass is 19.4. The number of H-pyrrole nitrogens is 1. The number of hydrogen-bond donors (Lipinski definition) is 2. The molecule has 0 saturated heterocycles. The molecule has 6 heteroatoms. The summed E-state index contributed by atoms with van der Waals surface area (Å²) in [5.74, 6) is -0.967. The van der Waals surface area contributed by atoms with Crippen LogP contribution in [0.1, 0.15) is 11.5 Å². The van der Waals surface area contributed by atoms with Crippen molar-refractivity contribution in [2.45, 2.75) is 12.6 Å². The van der Waals surface area contributed by atoms with Crippen LogP contribution in [-0.4, -0.2) is 16.5 Å². The van der Waals surface area contributed by atoms with E-state index in [1.165, 1.54) is 0 Å². The molecule has 0 saturated carbocycles. The van der Waals surface area contributed by atoms with Crippen molar-refractivity contribution in [3.05, 3.63) is 17.7 Å². The maximum atomic E-state index is 11.9. The highest BCUT2D eigenvalue weighted by Gasteiger charge is 2.34. The van der Waals surface area contributed by atoms with Crippen LogP contribution in [0.3, 0.4) is 0 Å². The quantitative estimate of drug-likeness (QED) is 0.709. The number of nitrogens with two attached hydrogens (primary N) is 1. The molecule has 0 radical (unpaired) electrons. The minimum absolute atomic E-state index is 0.305. The van der Waals surface area contributed by atoms with Crippen LogP contribution < -0.4 is 5.73 Å². The summed E-state index contributed by atoms with van der Waals surface area (Å²) >= 11 is 0. The number of imidazole rings is 1. The third-order valence-electron chi connectivity index (χ3n) is 1.31. The molecule has 0 amide bonds. The van der Waals surface area contributed by atoms with E-state index in [0.717, 1.165) is 6.20 Å². The largest absolute Gasteiger partial charge is 0.449 e. The van der Waals surface area contributed by atoms with Gasteiger partial charge in [-0.1, -0.05) is 0 Å². The van der Waals surface area contributed by atoms with Crippen LogP contribution in [0, 0.1) is 0 Å². The molecule has 0 spiro atoms. The molecule has 0 bridgehead atoms. The van der Waals surface area contributed by atoms with E-state index < -0.39 is 12.0 Å². The molecule has 3 N–H and O–H groups in total. The normalized spacial score (nSPS) is 12.0. The van der Waals surface area contributed by atoms with Gasteiger partial charge in [-0.05, 0) is 6.54 Å². The van der Waals surface area contributed by atoms with Crippen LogP contribution in [0.5, 0.6) is 0 Å². The lowest BCUT2D eigenvalue weighted by atomic mass is 10.3. The number of nitrogens with zero attached hydrogens (tertiary/aromatic N) is 1. The smallest absolute Gasteiger partial charge is 0.338 e. The van der Waals surface area contributed by atoms with Gasteiger partial charge in [-0.15, -0.1) is 0 Å². The zero-order valence-electron chi connectivity index (χ0n) is 6.15. The molecule has 0 unspecified atom stereocenters. The van der Waals surface area contributed by atoms with E-state index in [4.69, 9.17) is 5.73 Å². The van der Waals surface area contributed by atoms with E-state index in [9.17, 15) is 13.2 Å². The van der Waals surface area contributed by atoms with Gasteiger partial charge in [-0.25, -0.2) is 4.98 Å². The van der Waals surface area contributed by atoms with Crippen molar-refractivity contribution in [3.63, 3.8) is 0 Å². The van der Waals surface area contributed by atoms with Crippen LogP contribution in [0.25, 0.3) is 0 Å². The van der Waals surface area contributed by atoms with E-state index in [0.29, 0.717) is 18.7 Å². The third kappa shape index (κ3) is 1.97. The van der Waals surface area contributed by atoms with Gasteiger partial charge in [0.05, 0.1) is 0 Å². The van der Waals surface area contributed by atoms with Gasteiger partial charge < -0.3 is 10.7 Å². The van der Waals surface area contributed by atoms with Crippen LogP contribution in [0.4, 0.5) is 13.2 Å². The van der Waals surface area contributed by atoms with E-state index in [2.05, 4.69) is 9.97 Å². The molecule has 0 fully saturated rings. The summed E-state index contributed by atoms with van der Waals surface area (Å²) in [6.45, 7) is 0.305. The third-order valence-corrected chi connectivity index (χ3v) is 1.31. The molecular formula is C6H8F3N3. The highest BCUT2D eigenvalue weighted by molar-refractivity contribution is 5.03. The summed E-state index contributed by atoms with van der Waals surface area (Å²) in [6.07, 6.45) is -2.87. The molecule has 0 aliphatic heterocycles. The van der Waals surface area contributed by atoms with Crippen LogP contribution in [0.2, 0.25) is 0 Å². The van der Waals surface area contributed by atoms with Crippen molar-refractivity contribution in [1.29, 1.82) is 0 Å². The maximum Gasteiger partial charge on any atom is 0.449 e. The second-order valence-electron chi connectivity index (χ2n) is 2.29. The molecule has 1 rings (SSSR count). The Bertz CT molecular complexity index is 253. The Morgan fingerprint density at radius 3 is 2.58 bits per heavy atom. The van der Waals surface area contributed by atoms with Crippen molar-refractivity contribution in [3.8, 4) is 0 Å². The summed E-state index contributed by atoms with van der Waals surface area (Å²) in [5.41, 5.74) is 5.56. The van der Waals surface area contributed by atoms with E-state index in [1.54, 1.807) is 0 Å². The standard InChI is InChI=1S/C6H8F3N3/c7-6(8,9)5-11-3-4(12-5)1-2-10/h3H,1-2,10H2,(H,11,12). The summed E-state index contributed by atoms with van der Waals surface area (Å²) in [7, 11) is 0. The minimum Gasteiger partial charge on any atom is -0.338 e. The molecular weight excluding hydrogens is 171 g/mol. The predicted octanol–water partition coefficient (Wildman–Crippen LogP) is 0.930. The molecule has 1 heterocycles. The second-order valence-corrected chi connectivity index (χ2v) is 2.29. The molecule has 1 aromatic heterocycles. The Morgan fingerprint density at radius 1 is 1.50 bits per heavy atom. The van der Waals surface area contributed by atoms with E-state index in [1.807, 2.05) is 0 Å². The van der Waals surface area contributed by atoms with Gasteiger partial charge in [0.15, 0.2) is 0 Å². The first kappa shape index (κ1) is 9.05. The summed E-state index contributed by atoms with van der Waals surface area (Å²) < 4.78 is 35.7. The summed E-state index contributed by atoms with van der Waals surface area (Å²) in [5, 5.41) is 0. The lowest BCUT2D eigenvalue weighted by molar-refractivity contribution is -0.144. The first-order chi connectivity index (χ1) is 5.54. The minimum atomic E-state index is -4.40. The number of hydrogen-bond acceptors (Lipinski definition) is 2. The van der Waals surface area contributed by atoms with Gasteiger partial charge in [-0.3, -0.25) is 0 Å². The fourth-order valence-corrected chi connectivity index (χ4v) is 0.786. The molecule has 12 heavy (non-hydrogen) atoms. The number of aromatic nitrogens is 2. The summed E-state index contributed by atoms with van der Waals surface area (Å²) in [4.78, 5) is 5.31. The van der Waals surface area contributed by atoms with Gasteiger partial charge in [0.1, 0.15) is 0 Å². The SMILES string of the molecule is NCCc1cnc(C(F)(F)F)[nH]1. The van der Waals surface area contributed by atoms with Crippen LogP contribution >= 0.6 is 0 Å². The Balaban J connectivity index is 2.77. The Kier molecular flexibility index (Phi) is 2.37. The van der Waals surface area contributed by atoms with Crippen LogP contribution in [-0.2, 0) is 12.6 Å². The van der Waals surface area contributed by atoms with Gasteiger partial charge in [-0.2, -0.15) is 13.2 Å². The van der Waals surface area contributed by atoms with Gasteiger partial charge >= 0.3 is 6.18 Å². The van der Waals surface area contributed by atoms with Gasteiger partial charge in [0, 0.05) is 18.3 Å². The fraction of sp³-hybridized carbons (Fsp3) is 0.500. The lowest BCUT2D eigenvalue weighted by Crippen LogP contribution is -2.08. The Hall–Kier alpha value is -1.04. The highest BCUT2D eigenvalue weighted by Crippen LogP contribution is 2.26. The average Bonchev–Trinajstić information content (AvgIpc) is 2.35. The summed E-state index contributed by atoms with van der Waals surface area (Å²) in [6, 6.07) is 0. The number of nitrogens with one attached hydrogen (secondary N) is 1. The first-order valence-electron chi connectivity index (χ1n) is 3.35. The fourth-order valence-electron chi connectivity index (χ4n) is 0.786. The molecule has 0 aliphatic rings. The van der Waals surface area contributed by atoms with E-state index >= 15 is 0 Å². The zero-order valence-corrected chi connectivity index (χ0v) is 6.15.